The third-order valence-electron chi connectivity index (χ3n) is 6.26. The first kappa shape index (κ1) is 21.3. The second-order valence-electron chi connectivity index (χ2n) is 8.58. The van der Waals surface area contributed by atoms with Crippen molar-refractivity contribution in [2.24, 2.45) is 0 Å². The fraction of sp³-hybridized carbons (Fsp3) is 0.296. The van der Waals surface area contributed by atoms with Crippen molar-refractivity contribution in [1.29, 1.82) is 0 Å². The molecule has 1 heterocycles. The van der Waals surface area contributed by atoms with Gasteiger partial charge in [0, 0.05) is 13.6 Å². The maximum Gasteiger partial charge on any atom is 0.256 e. The lowest BCUT2D eigenvalue weighted by molar-refractivity contribution is -0.124. The first-order chi connectivity index (χ1) is 15.0. The molecule has 4 rings (SSSR count). The zero-order valence-corrected chi connectivity index (χ0v) is 18.7. The number of hydrazine groups is 1. The van der Waals surface area contributed by atoms with Gasteiger partial charge in [0.25, 0.3) is 5.91 Å². The molecule has 0 aromatic heterocycles. The van der Waals surface area contributed by atoms with Crippen LogP contribution in [0.5, 0.6) is 0 Å². The van der Waals surface area contributed by atoms with Crippen molar-refractivity contribution >= 4 is 11.6 Å². The average molecular weight is 414 g/mol. The van der Waals surface area contributed by atoms with Gasteiger partial charge >= 0.3 is 0 Å². The lowest BCUT2D eigenvalue weighted by Gasteiger charge is -2.33. The number of hydrogen-bond donors (Lipinski definition) is 0. The molecule has 0 saturated heterocycles. The van der Waals surface area contributed by atoms with E-state index in [9.17, 15) is 4.79 Å². The van der Waals surface area contributed by atoms with Crippen LogP contribution in [0.15, 0.2) is 84.9 Å². The molecule has 1 amide bonds. The van der Waals surface area contributed by atoms with Gasteiger partial charge in [-0.2, -0.15) is 0 Å². The largest absolute Gasteiger partial charge is 0.309 e. The maximum absolute atomic E-state index is 14.2. The van der Waals surface area contributed by atoms with Gasteiger partial charge in [-0.15, -0.1) is 0 Å². The highest BCUT2D eigenvalue weighted by Crippen LogP contribution is 2.48. The summed E-state index contributed by atoms with van der Waals surface area (Å²) >= 11 is 0. The van der Waals surface area contributed by atoms with Crippen molar-refractivity contribution < 1.29 is 4.79 Å². The summed E-state index contributed by atoms with van der Waals surface area (Å²) in [6.07, 6.45) is 1.63. The van der Waals surface area contributed by atoms with Crippen LogP contribution in [-0.4, -0.2) is 50.0 Å². The monoisotopic (exact) mass is 413 g/mol. The lowest BCUT2D eigenvalue weighted by Crippen LogP contribution is -2.49. The van der Waals surface area contributed by atoms with Crippen LogP contribution in [0.1, 0.15) is 23.1 Å². The number of nitrogens with zero attached hydrogens (tertiary/aromatic N) is 3. The average Bonchev–Trinajstić information content (AvgIpc) is 3.06. The molecule has 1 atom stereocenters. The summed E-state index contributed by atoms with van der Waals surface area (Å²) in [6, 6.07) is 29.0. The predicted octanol–water partition coefficient (Wildman–Crippen LogP) is 4.36. The SMILES string of the molecule is CN(C)CCC1(c2ccccc2)C(=O)N(N(C)CCc2ccccc2)c2ccccc21. The lowest BCUT2D eigenvalue weighted by atomic mass is 9.73. The standard InChI is InChI=1S/C27H31N3O/c1-28(2)21-19-27(23-14-8-5-9-15-23)24-16-10-11-17-25(24)30(26(27)31)29(3)20-18-22-12-6-4-7-13-22/h4-17H,18-21H2,1-3H3. The van der Waals surface area contributed by atoms with Crippen molar-refractivity contribution in [3.63, 3.8) is 0 Å². The van der Waals surface area contributed by atoms with Crippen LogP contribution in [0.25, 0.3) is 0 Å². The van der Waals surface area contributed by atoms with E-state index in [1.54, 1.807) is 0 Å². The molecule has 0 N–H and O–H groups in total. The van der Waals surface area contributed by atoms with E-state index >= 15 is 0 Å². The Kier molecular flexibility index (Phi) is 6.21. The summed E-state index contributed by atoms with van der Waals surface area (Å²) in [5.41, 5.74) is 3.75. The molecule has 1 aliphatic heterocycles. The highest BCUT2D eigenvalue weighted by molar-refractivity contribution is 6.09. The molecule has 0 bridgehead atoms. The van der Waals surface area contributed by atoms with E-state index in [0.717, 1.165) is 42.7 Å². The maximum atomic E-state index is 14.2. The van der Waals surface area contributed by atoms with Gasteiger partial charge in [0.1, 0.15) is 5.41 Å². The number of carbonyl (C=O) groups excluding carboxylic acids is 1. The molecule has 0 saturated carbocycles. The van der Waals surface area contributed by atoms with E-state index in [0.29, 0.717) is 0 Å². The van der Waals surface area contributed by atoms with Gasteiger partial charge in [-0.05, 0) is 56.2 Å². The summed E-state index contributed by atoms with van der Waals surface area (Å²) < 4.78 is 0. The van der Waals surface area contributed by atoms with Crippen LogP contribution >= 0.6 is 0 Å². The molecule has 0 radical (unpaired) electrons. The van der Waals surface area contributed by atoms with Crippen LogP contribution in [0.4, 0.5) is 5.69 Å². The Balaban J connectivity index is 1.73. The molecule has 31 heavy (non-hydrogen) atoms. The number of para-hydroxylation sites is 1. The Morgan fingerprint density at radius 2 is 1.39 bits per heavy atom. The number of fused-ring (bicyclic) bond motifs is 1. The second kappa shape index (κ2) is 9.04. The molecular formula is C27H31N3O. The highest BCUT2D eigenvalue weighted by atomic mass is 16.2. The molecular weight excluding hydrogens is 382 g/mol. The summed E-state index contributed by atoms with van der Waals surface area (Å²) in [7, 11) is 6.15. The number of anilines is 1. The number of likely N-dealkylation sites (N-methyl/N-ethyl adjacent to an activating group) is 1. The van der Waals surface area contributed by atoms with Crippen LogP contribution in [-0.2, 0) is 16.6 Å². The summed E-state index contributed by atoms with van der Waals surface area (Å²) in [6.45, 7) is 1.60. The topological polar surface area (TPSA) is 26.8 Å². The number of hydrogen-bond acceptors (Lipinski definition) is 3. The highest BCUT2D eigenvalue weighted by Gasteiger charge is 2.52. The Hall–Kier alpha value is -2.95. The smallest absolute Gasteiger partial charge is 0.256 e. The number of carbonyl (C=O) groups is 1. The third-order valence-corrected chi connectivity index (χ3v) is 6.26. The molecule has 160 valence electrons. The Morgan fingerprint density at radius 1 is 0.774 bits per heavy atom. The minimum Gasteiger partial charge on any atom is -0.309 e. The quantitative estimate of drug-likeness (QED) is 0.549. The minimum absolute atomic E-state index is 0.136. The Labute approximate surface area is 185 Å². The van der Waals surface area contributed by atoms with E-state index in [2.05, 4.69) is 72.5 Å². The molecule has 0 spiro atoms. The number of benzene rings is 3. The molecule has 1 unspecified atom stereocenters. The van der Waals surface area contributed by atoms with E-state index in [1.807, 2.05) is 48.5 Å². The Morgan fingerprint density at radius 3 is 2.06 bits per heavy atom. The fourth-order valence-electron chi connectivity index (χ4n) is 4.58. The fourth-order valence-corrected chi connectivity index (χ4v) is 4.58. The van der Waals surface area contributed by atoms with E-state index < -0.39 is 5.41 Å². The summed E-state index contributed by atoms with van der Waals surface area (Å²) in [4.78, 5) is 16.4. The Bertz CT molecular complexity index is 1020. The van der Waals surface area contributed by atoms with Crippen LogP contribution < -0.4 is 5.01 Å². The molecule has 4 heteroatoms. The number of rotatable bonds is 8. The summed E-state index contributed by atoms with van der Waals surface area (Å²) in [5.74, 6) is 0.136. The normalized spacial score (nSPS) is 18.1. The van der Waals surface area contributed by atoms with Crippen LogP contribution in [0.3, 0.4) is 0 Å². The zero-order chi connectivity index (χ0) is 21.8. The van der Waals surface area contributed by atoms with Gasteiger partial charge in [0.2, 0.25) is 0 Å². The molecule has 1 aliphatic rings. The molecule has 4 nitrogen and oxygen atoms in total. The second-order valence-corrected chi connectivity index (χ2v) is 8.58. The molecule has 0 aliphatic carbocycles. The van der Waals surface area contributed by atoms with E-state index in [-0.39, 0.29) is 5.91 Å². The van der Waals surface area contributed by atoms with Gasteiger partial charge in [0.05, 0.1) is 5.69 Å². The van der Waals surface area contributed by atoms with Crippen molar-refractivity contribution in [2.75, 3.05) is 39.2 Å². The van der Waals surface area contributed by atoms with Gasteiger partial charge < -0.3 is 4.90 Å². The van der Waals surface area contributed by atoms with Gasteiger partial charge in [-0.1, -0.05) is 78.9 Å². The van der Waals surface area contributed by atoms with E-state index in [4.69, 9.17) is 0 Å². The van der Waals surface area contributed by atoms with Crippen molar-refractivity contribution in [1.82, 2.24) is 9.91 Å². The van der Waals surface area contributed by atoms with E-state index in [1.165, 1.54) is 5.56 Å². The van der Waals surface area contributed by atoms with Gasteiger partial charge in [-0.3, -0.25) is 4.79 Å². The van der Waals surface area contributed by atoms with Crippen molar-refractivity contribution in [3.8, 4) is 0 Å². The van der Waals surface area contributed by atoms with Gasteiger partial charge in [0.15, 0.2) is 0 Å². The molecule has 3 aromatic rings. The molecule has 0 fully saturated rings. The first-order valence-electron chi connectivity index (χ1n) is 10.9. The third kappa shape index (κ3) is 4.01. The minimum atomic E-state index is -0.677. The van der Waals surface area contributed by atoms with Gasteiger partial charge in [-0.25, -0.2) is 10.0 Å². The van der Waals surface area contributed by atoms with Crippen LogP contribution in [0.2, 0.25) is 0 Å². The number of amides is 1. The van der Waals surface area contributed by atoms with Crippen LogP contribution in [0, 0.1) is 0 Å². The zero-order valence-electron chi connectivity index (χ0n) is 18.7. The summed E-state index contributed by atoms with van der Waals surface area (Å²) in [5, 5.41) is 3.98. The first-order valence-corrected chi connectivity index (χ1v) is 10.9. The van der Waals surface area contributed by atoms with Crippen molar-refractivity contribution in [3.05, 3.63) is 102 Å². The predicted molar refractivity (Wildman–Crippen MR) is 127 cm³/mol. The molecule has 3 aromatic carbocycles. The van der Waals surface area contributed by atoms with Crippen molar-refractivity contribution in [2.45, 2.75) is 18.3 Å².